The molecular formula is C12H23NNa2O7P2S. The van der Waals surface area contributed by atoms with Crippen LogP contribution >= 0.6 is 27.0 Å². The van der Waals surface area contributed by atoms with Gasteiger partial charge in [-0.15, -0.1) is 11.8 Å². The Morgan fingerprint density at radius 1 is 1.08 bits per heavy atom. The van der Waals surface area contributed by atoms with E-state index in [0.29, 0.717) is 6.42 Å². The van der Waals surface area contributed by atoms with Gasteiger partial charge in [0.2, 0.25) is 5.52 Å². The molecule has 5 N–H and O–H groups in total. The van der Waals surface area contributed by atoms with E-state index in [1.165, 1.54) is 0 Å². The van der Waals surface area contributed by atoms with E-state index in [1.54, 1.807) is 18.9 Å². The van der Waals surface area contributed by atoms with E-state index in [0.717, 1.165) is 22.8 Å². The van der Waals surface area contributed by atoms with Crippen LogP contribution in [0.15, 0.2) is 29.2 Å². The SMILES string of the molecule is COc1ccc(SCCCCNC(P(=O)(O)O)P(=O)(O)O)cc1.[H-].[H-].[Na+].[Na+]. The van der Waals surface area contributed by atoms with E-state index in [1.807, 2.05) is 24.3 Å². The van der Waals surface area contributed by atoms with Gasteiger partial charge in [-0.05, 0) is 49.4 Å². The molecule has 13 heteroatoms. The molecule has 0 amide bonds. The average molecular weight is 433 g/mol. The molecule has 0 aliphatic rings. The van der Waals surface area contributed by atoms with Crippen molar-refractivity contribution in [2.24, 2.45) is 0 Å². The van der Waals surface area contributed by atoms with Crippen LogP contribution in [0.2, 0.25) is 0 Å². The molecule has 8 nitrogen and oxygen atoms in total. The van der Waals surface area contributed by atoms with Crippen LogP contribution in [0.25, 0.3) is 0 Å². The van der Waals surface area contributed by atoms with Crippen molar-refractivity contribution in [1.29, 1.82) is 0 Å². The van der Waals surface area contributed by atoms with Crippen molar-refractivity contribution in [2.75, 3.05) is 19.4 Å². The van der Waals surface area contributed by atoms with E-state index in [4.69, 9.17) is 24.3 Å². The Bertz CT molecular complexity index is 570. The van der Waals surface area contributed by atoms with Gasteiger partial charge in [-0.25, -0.2) is 0 Å². The second-order valence-corrected chi connectivity index (χ2v) is 9.70. The smallest absolute Gasteiger partial charge is 1.00 e. The van der Waals surface area contributed by atoms with Gasteiger partial charge >= 0.3 is 74.3 Å². The quantitative estimate of drug-likeness (QED) is 0.108. The number of methoxy groups -OCH3 is 1. The molecule has 0 radical (unpaired) electrons. The predicted octanol–water partition coefficient (Wildman–Crippen LogP) is -3.97. The van der Waals surface area contributed by atoms with Gasteiger partial charge in [0.1, 0.15) is 5.75 Å². The third-order valence-electron chi connectivity index (χ3n) is 2.86. The molecule has 1 aromatic carbocycles. The third-order valence-corrected chi connectivity index (χ3v) is 7.41. The number of thioether (sulfide) groups is 1. The van der Waals surface area contributed by atoms with E-state index in [2.05, 4.69) is 5.32 Å². The van der Waals surface area contributed by atoms with Crippen molar-refractivity contribution in [2.45, 2.75) is 23.3 Å². The molecule has 0 atom stereocenters. The predicted molar refractivity (Wildman–Crippen MR) is 91.1 cm³/mol. The van der Waals surface area contributed by atoms with Gasteiger partial charge in [0.05, 0.1) is 7.11 Å². The first-order chi connectivity index (χ1) is 10.6. The zero-order valence-corrected chi connectivity index (χ0v) is 21.1. The Hall–Kier alpha value is 1.63. The van der Waals surface area contributed by atoms with Gasteiger partial charge in [0.15, 0.2) is 0 Å². The fraction of sp³-hybridized carbons (Fsp3) is 0.500. The minimum absolute atomic E-state index is 0. The zero-order valence-electron chi connectivity index (χ0n) is 16.5. The number of nitrogens with one attached hydrogen (secondary N) is 1. The van der Waals surface area contributed by atoms with Crippen molar-refractivity contribution in [3.63, 3.8) is 0 Å². The molecule has 0 fully saturated rings. The number of rotatable bonds is 10. The van der Waals surface area contributed by atoms with Crippen molar-refractivity contribution in [3.05, 3.63) is 24.3 Å². The van der Waals surface area contributed by atoms with Gasteiger partial charge in [-0.3, -0.25) is 14.4 Å². The van der Waals surface area contributed by atoms with Crippen LogP contribution in [0, 0.1) is 0 Å². The van der Waals surface area contributed by atoms with E-state index in [9.17, 15) is 9.13 Å². The Kier molecular flexibility index (Phi) is 15.9. The summed E-state index contributed by atoms with van der Waals surface area (Å²) in [6, 6.07) is 7.57. The molecule has 0 saturated heterocycles. The maximum Gasteiger partial charge on any atom is 1.00 e. The van der Waals surface area contributed by atoms with Crippen molar-refractivity contribution < 1.29 is 95.4 Å². The number of hydrogen-bond donors (Lipinski definition) is 5. The molecule has 0 aliphatic heterocycles. The Morgan fingerprint density at radius 3 is 2.04 bits per heavy atom. The number of benzene rings is 1. The van der Waals surface area contributed by atoms with E-state index < -0.39 is 20.7 Å². The minimum Gasteiger partial charge on any atom is -1.00 e. The van der Waals surface area contributed by atoms with Crippen LogP contribution in [0.4, 0.5) is 0 Å². The fourth-order valence-electron chi connectivity index (χ4n) is 1.75. The van der Waals surface area contributed by atoms with Gasteiger partial charge in [0, 0.05) is 4.90 Å². The second-order valence-electron chi connectivity index (χ2n) is 4.74. The summed E-state index contributed by atoms with van der Waals surface area (Å²) in [5.41, 5.74) is -2.13. The number of hydrogen-bond acceptors (Lipinski definition) is 5. The first-order valence-electron chi connectivity index (χ1n) is 6.75. The van der Waals surface area contributed by atoms with Gasteiger partial charge in [-0.2, -0.15) is 0 Å². The zero-order chi connectivity index (χ0) is 17.5. The third kappa shape index (κ3) is 11.9. The van der Waals surface area contributed by atoms with Gasteiger partial charge < -0.3 is 27.2 Å². The largest absolute Gasteiger partial charge is 1.00 e. The monoisotopic (exact) mass is 433 g/mol. The minimum atomic E-state index is -4.90. The van der Waals surface area contributed by atoms with Gasteiger partial charge in [0.25, 0.3) is 0 Å². The molecule has 25 heavy (non-hydrogen) atoms. The maximum absolute atomic E-state index is 11.1. The Labute approximate surface area is 198 Å². The summed E-state index contributed by atoms with van der Waals surface area (Å²) in [4.78, 5) is 36.9. The van der Waals surface area contributed by atoms with Crippen LogP contribution < -0.4 is 69.2 Å². The molecule has 0 aromatic heterocycles. The first-order valence-corrected chi connectivity index (χ1v) is 11.1. The normalized spacial score (nSPS) is 11.6. The fourth-order valence-corrected chi connectivity index (χ4v) is 4.97. The number of unbranched alkanes of at least 4 members (excludes halogenated alkanes) is 1. The standard InChI is InChI=1S/C12H21NO7P2S.2Na.2H/c1-20-10-4-6-11(7-5-10)23-9-3-2-8-13-12(21(14,15)16)22(17,18)19;;;;/h4-7,12-13H,2-3,8-9H2,1H3,(H2,14,15,16)(H2,17,18,19);;;;/q;2*+1;2*-1. The summed E-state index contributed by atoms with van der Waals surface area (Å²) in [5.74, 6) is 1.56. The molecule has 0 heterocycles. The molecule has 0 spiro atoms. The van der Waals surface area contributed by atoms with Crippen LogP contribution in [-0.2, 0) is 9.13 Å². The Balaban J connectivity index is -0.000000661. The summed E-state index contributed by atoms with van der Waals surface area (Å²) < 4.78 is 27.2. The second kappa shape index (κ2) is 13.7. The maximum atomic E-state index is 11.1. The molecule has 0 unspecified atom stereocenters. The summed E-state index contributed by atoms with van der Waals surface area (Å²) in [7, 11) is -8.20. The molecule has 0 aliphatic carbocycles. The average Bonchev–Trinajstić information content (AvgIpc) is 2.44. The van der Waals surface area contributed by atoms with Crippen LogP contribution in [-0.4, -0.2) is 44.5 Å². The number of ether oxygens (including phenoxy) is 1. The molecular weight excluding hydrogens is 410 g/mol. The molecule has 0 saturated carbocycles. The summed E-state index contributed by atoms with van der Waals surface area (Å²) in [5, 5.41) is 2.26. The summed E-state index contributed by atoms with van der Waals surface area (Å²) >= 11 is 1.62. The first kappa shape index (κ1) is 28.8. The summed E-state index contributed by atoms with van der Waals surface area (Å²) in [6.07, 6.45) is 1.28. The topological polar surface area (TPSA) is 136 Å². The molecule has 136 valence electrons. The van der Waals surface area contributed by atoms with Gasteiger partial charge in [-0.1, -0.05) is 0 Å². The molecule has 0 bridgehead atoms. The van der Waals surface area contributed by atoms with Crippen molar-refractivity contribution in [1.82, 2.24) is 5.32 Å². The van der Waals surface area contributed by atoms with Crippen molar-refractivity contribution >= 4 is 27.0 Å². The molecule has 1 aromatic rings. The van der Waals surface area contributed by atoms with E-state index in [-0.39, 0.29) is 68.5 Å². The Morgan fingerprint density at radius 2 is 1.60 bits per heavy atom. The van der Waals surface area contributed by atoms with E-state index >= 15 is 0 Å². The summed E-state index contributed by atoms with van der Waals surface area (Å²) in [6.45, 7) is 0.115. The van der Waals surface area contributed by atoms with Crippen LogP contribution in [0.3, 0.4) is 0 Å². The van der Waals surface area contributed by atoms with Crippen LogP contribution in [0.1, 0.15) is 15.7 Å². The van der Waals surface area contributed by atoms with Crippen molar-refractivity contribution in [3.8, 4) is 5.75 Å². The van der Waals surface area contributed by atoms with Crippen LogP contribution in [0.5, 0.6) is 5.75 Å². The molecule has 1 rings (SSSR count).